The Kier molecular flexibility index (Phi) is 6.80. The summed E-state index contributed by atoms with van der Waals surface area (Å²) in [5.41, 5.74) is 1.51. The first-order valence-electron chi connectivity index (χ1n) is 9.45. The van der Waals surface area contributed by atoms with Crippen LogP contribution in [0.3, 0.4) is 0 Å². The van der Waals surface area contributed by atoms with Crippen LogP contribution in [0.25, 0.3) is 0 Å². The van der Waals surface area contributed by atoms with E-state index in [9.17, 15) is 18.8 Å². The van der Waals surface area contributed by atoms with Crippen LogP contribution >= 0.6 is 0 Å². The van der Waals surface area contributed by atoms with Gasteiger partial charge in [-0.15, -0.1) is 0 Å². The topological polar surface area (TPSA) is 59.4 Å². The molecule has 3 rings (SSSR count). The number of carbonyl (C=O) groups excluding carboxylic acids is 1. The van der Waals surface area contributed by atoms with E-state index in [1.807, 2.05) is 6.07 Å². The van der Waals surface area contributed by atoms with Crippen LogP contribution in [-0.4, -0.2) is 43.5 Å². The van der Waals surface area contributed by atoms with E-state index in [2.05, 4.69) is 10.2 Å². The molecule has 0 unspecified atom stereocenters. The molecule has 0 spiro atoms. The van der Waals surface area contributed by atoms with Crippen LogP contribution in [0, 0.1) is 23.0 Å². The molecule has 0 atom stereocenters. The first kappa shape index (κ1) is 20.3. The quantitative estimate of drug-likeness (QED) is 0.463. The highest BCUT2D eigenvalue weighted by Gasteiger charge is 2.23. The van der Waals surface area contributed by atoms with Crippen molar-refractivity contribution in [1.82, 2.24) is 10.2 Å². The Bertz CT molecular complexity index is 913. The van der Waals surface area contributed by atoms with Gasteiger partial charge in [-0.2, -0.15) is 5.26 Å². The monoisotopic (exact) mass is 396 g/mol. The van der Waals surface area contributed by atoms with Gasteiger partial charge in [0, 0.05) is 44.6 Å². The zero-order chi connectivity index (χ0) is 20.6. The van der Waals surface area contributed by atoms with Gasteiger partial charge in [0.05, 0.1) is 0 Å². The van der Waals surface area contributed by atoms with Gasteiger partial charge < -0.3 is 15.1 Å². The second kappa shape index (κ2) is 9.69. The molecule has 1 aliphatic rings. The molecule has 1 aliphatic heterocycles. The molecule has 1 amide bonds. The zero-order valence-corrected chi connectivity index (χ0v) is 15.9. The van der Waals surface area contributed by atoms with Gasteiger partial charge in [-0.3, -0.25) is 4.79 Å². The molecule has 7 heteroatoms. The number of rotatable bonds is 6. The SMILES string of the molecule is N#C/C(=C/NCCc1ccccc1F)C(=O)N1CCN(c2ccc(F)cc2)CC1. The molecule has 2 aromatic carbocycles. The summed E-state index contributed by atoms with van der Waals surface area (Å²) < 4.78 is 26.7. The van der Waals surface area contributed by atoms with Gasteiger partial charge in [0.2, 0.25) is 0 Å². The maximum atomic E-state index is 13.6. The van der Waals surface area contributed by atoms with E-state index >= 15 is 0 Å². The van der Waals surface area contributed by atoms with Crippen molar-refractivity contribution in [3.8, 4) is 6.07 Å². The highest BCUT2D eigenvalue weighted by Crippen LogP contribution is 2.17. The number of anilines is 1. The van der Waals surface area contributed by atoms with E-state index in [4.69, 9.17) is 0 Å². The van der Waals surface area contributed by atoms with Gasteiger partial charge >= 0.3 is 0 Å². The van der Waals surface area contributed by atoms with Gasteiger partial charge in [0.1, 0.15) is 23.3 Å². The van der Waals surface area contributed by atoms with E-state index in [0.717, 1.165) is 5.69 Å². The van der Waals surface area contributed by atoms with Crippen LogP contribution in [0.4, 0.5) is 14.5 Å². The average Bonchev–Trinajstić information content (AvgIpc) is 2.75. The number of piperazine rings is 1. The minimum atomic E-state index is -0.329. The average molecular weight is 396 g/mol. The largest absolute Gasteiger partial charge is 0.389 e. The van der Waals surface area contributed by atoms with Gasteiger partial charge in [-0.05, 0) is 42.3 Å². The molecule has 0 saturated carbocycles. The molecular formula is C22H22F2N4O. The number of nitrogens with zero attached hydrogens (tertiary/aromatic N) is 3. The number of nitriles is 1. The van der Waals surface area contributed by atoms with Gasteiger partial charge in [0.25, 0.3) is 5.91 Å². The molecular weight excluding hydrogens is 374 g/mol. The summed E-state index contributed by atoms with van der Waals surface area (Å²) in [6, 6.07) is 14.7. The number of halogens is 2. The summed E-state index contributed by atoms with van der Waals surface area (Å²) in [5.74, 6) is -0.882. The summed E-state index contributed by atoms with van der Waals surface area (Å²) in [6.07, 6.45) is 1.85. The standard InChI is InChI=1S/C22H22F2N4O/c23-19-5-7-20(8-6-19)27-11-13-28(14-12-27)22(29)18(15-25)16-26-10-9-17-3-1-2-4-21(17)24/h1-8,16,26H,9-14H2/b18-16-. The molecule has 0 aliphatic carbocycles. The molecule has 1 heterocycles. The summed E-state index contributed by atoms with van der Waals surface area (Å²) >= 11 is 0. The van der Waals surface area contributed by atoms with E-state index in [0.29, 0.717) is 44.7 Å². The van der Waals surface area contributed by atoms with E-state index in [1.165, 1.54) is 24.4 Å². The predicted molar refractivity (Wildman–Crippen MR) is 107 cm³/mol. The van der Waals surface area contributed by atoms with Crippen molar-refractivity contribution in [2.75, 3.05) is 37.6 Å². The van der Waals surface area contributed by atoms with Crippen molar-refractivity contribution in [2.45, 2.75) is 6.42 Å². The summed E-state index contributed by atoms with van der Waals surface area (Å²) in [4.78, 5) is 16.3. The minimum absolute atomic E-state index is 0.0220. The van der Waals surface area contributed by atoms with Crippen LogP contribution in [0.2, 0.25) is 0 Å². The number of carbonyl (C=O) groups is 1. The normalized spacial score (nSPS) is 14.4. The highest BCUT2D eigenvalue weighted by molar-refractivity contribution is 5.97. The molecule has 1 N–H and O–H groups in total. The van der Waals surface area contributed by atoms with Crippen LogP contribution in [0.1, 0.15) is 5.56 Å². The molecule has 0 aromatic heterocycles. The number of benzene rings is 2. The third-order valence-corrected chi connectivity index (χ3v) is 4.85. The first-order chi connectivity index (χ1) is 14.1. The predicted octanol–water partition coefficient (Wildman–Crippen LogP) is 2.85. The molecule has 2 aromatic rings. The lowest BCUT2D eigenvalue weighted by atomic mass is 10.1. The highest BCUT2D eigenvalue weighted by atomic mass is 19.1. The fraction of sp³-hybridized carbons (Fsp3) is 0.273. The Balaban J connectivity index is 1.50. The van der Waals surface area contributed by atoms with E-state index in [-0.39, 0.29) is 23.1 Å². The third-order valence-electron chi connectivity index (χ3n) is 4.85. The molecule has 29 heavy (non-hydrogen) atoms. The fourth-order valence-electron chi connectivity index (χ4n) is 3.21. The van der Waals surface area contributed by atoms with Gasteiger partial charge in [0.15, 0.2) is 0 Å². The molecule has 1 saturated heterocycles. The molecule has 5 nitrogen and oxygen atoms in total. The van der Waals surface area contributed by atoms with Crippen molar-refractivity contribution >= 4 is 11.6 Å². The summed E-state index contributed by atoms with van der Waals surface area (Å²) in [5, 5.41) is 12.3. The number of hydrogen-bond donors (Lipinski definition) is 1. The van der Waals surface area contributed by atoms with Crippen LogP contribution in [-0.2, 0) is 11.2 Å². The van der Waals surface area contributed by atoms with E-state index in [1.54, 1.807) is 35.2 Å². The Hall–Kier alpha value is -3.40. The van der Waals surface area contributed by atoms with Crippen LogP contribution in [0.15, 0.2) is 60.3 Å². The maximum Gasteiger partial charge on any atom is 0.266 e. The van der Waals surface area contributed by atoms with Crippen LogP contribution in [0.5, 0.6) is 0 Å². The Morgan fingerprint density at radius 3 is 2.41 bits per heavy atom. The Morgan fingerprint density at radius 2 is 1.76 bits per heavy atom. The first-order valence-corrected chi connectivity index (χ1v) is 9.45. The summed E-state index contributed by atoms with van der Waals surface area (Å²) in [7, 11) is 0. The number of nitrogens with one attached hydrogen (secondary N) is 1. The zero-order valence-electron chi connectivity index (χ0n) is 15.9. The van der Waals surface area contributed by atoms with Crippen molar-refractivity contribution in [2.24, 2.45) is 0 Å². The second-order valence-electron chi connectivity index (χ2n) is 6.72. The lowest BCUT2D eigenvalue weighted by molar-refractivity contribution is -0.127. The lowest BCUT2D eigenvalue weighted by Crippen LogP contribution is -2.49. The molecule has 0 bridgehead atoms. The van der Waals surface area contributed by atoms with Crippen molar-refractivity contribution in [3.63, 3.8) is 0 Å². The van der Waals surface area contributed by atoms with Gasteiger partial charge in [-0.1, -0.05) is 18.2 Å². The minimum Gasteiger partial charge on any atom is -0.389 e. The maximum absolute atomic E-state index is 13.6. The number of amides is 1. The molecule has 0 radical (unpaired) electrons. The molecule has 150 valence electrons. The summed E-state index contributed by atoms with van der Waals surface area (Å²) in [6.45, 7) is 2.58. The Morgan fingerprint density at radius 1 is 1.07 bits per heavy atom. The Labute approximate surface area is 168 Å². The smallest absolute Gasteiger partial charge is 0.266 e. The molecule has 1 fully saturated rings. The number of hydrogen-bond acceptors (Lipinski definition) is 4. The van der Waals surface area contributed by atoms with Crippen molar-refractivity contribution < 1.29 is 13.6 Å². The van der Waals surface area contributed by atoms with Crippen molar-refractivity contribution in [3.05, 3.63) is 77.5 Å². The third kappa shape index (κ3) is 5.32. The van der Waals surface area contributed by atoms with Crippen molar-refractivity contribution in [1.29, 1.82) is 5.26 Å². The lowest BCUT2D eigenvalue weighted by Gasteiger charge is -2.36. The van der Waals surface area contributed by atoms with Crippen LogP contribution < -0.4 is 10.2 Å². The second-order valence-corrected chi connectivity index (χ2v) is 6.72. The fourth-order valence-corrected chi connectivity index (χ4v) is 3.21. The van der Waals surface area contributed by atoms with E-state index < -0.39 is 0 Å². The van der Waals surface area contributed by atoms with Gasteiger partial charge in [-0.25, -0.2) is 8.78 Å².